The number of hydrogen-bond donors (Lipinski definition) is 1. The van der Waals surface area contributed by atoms with Crippen LogP contribution in [0.4, 0.5) is 0 Å². The maximum absolute atomic E-state index is 13.0. The number of carbonyl (C=O) groups excluding carboxylic acids is 3. The van der Waals surface area contributed by atoms with Gasteiger partial charge in [-0.15, -0.1) is 0 Å². The molecule has 0 spiro atoms. The summed E-state index contributed by atoms with van der Waals surface area (Å²) in [6, 6.07) is 7.38. The molecular formula is C27H29ClN4O4. The van der Waals surface area contributed by atoms with Gasteiger partial charge in [-0.3, -0.25) is 29.6 Å². The predicted molar refractivity (Wildman–Crippen MR) is 133 cm³/mol. The molecule has 1 N–H and O–H groups in total. The fourth-order valence-corrected chi connectivity index (χ4v) is 6.40. The SMILES string of the molecule is O=C1CCC(N2Cc3cc(O[C@@H]4CCCC[C@@H]4N4CC(c5ccncc5Cl)C4)ccc3C2=O)C(=O)N1. The largest absolute Gasteiger partial charge is 0.489 e. The van der Waals surface area contributed by atoms with Crippen molar-refractivity contribution in [2.24, 2.45) is 0 Å². The molecule has 1 aromatic carbocycles. The van der Waals surface area contributed by atoms with Crippen molar-refractivity contribution in [3.63, 3.8) is 0 Å². The van der Waals surface area contributed by atoms with Crippen LogP contribution in [0.25, 0.3) is 0 Å². The number of nitrogens with zero attached hydrogens (tertiary/aromatic N) is 3. The quantitative estimate of drug-likeness (QED) is 0.623. The van der Waals surface area contributed by atoms with Gasteiger partial charge in [0, 0.05) is 56.0 Å². The van der Waals surface area contributed by atoms with Gasteiger partial charge in [0.1, 0.15) is 17.9 Å². The van der Waals surface area contributed by atoms with Crippen LogP contribution < -0.4 is 10.1 Å². The topological polar surface area (TPSA) is 91.8 Å². The number of nitrogens with one attached hydrogen (secondary N) is 1. The zero-order valence-electron chi connectivity index (χ0n) is 20.0. The van der Waals surface area contributed by atoms with Gasteiger partial charge in [-0.25, -0.2) is 0 Å². The maximum atomic E-state index is 13.0. The van der Waals surface area contributed by atoms with Crippen molar-refractivity contribution in [1.82, 2.24) is 20.1 Å². The van der Waals surface area contributed by atoms with E-state index >= 15 is 0 Å². The average molecular weight is 509 g/mol. The van der Waals surface area contributed by atoms with E-state index in [1.54, 1.807) is 17.3 Å². The Balaban J connectivity index is 1.12. The highest BCUT2D eigenvalue weighted by Crippen LogP contribution is 2.38. The van der Waals surface area contributed by atoms with Gasteiger partial charge in [-0.1, -0.05) is 18.0 Å². The van der Waals surface area contributed by atoms with E-state index in [2.05, 4.69) is 15.2 Å². The molecule has 4 aliphatic rings. The summed E-state index contributed by atoms with van der Waals surface area (Å²) in [6.07, 6.45) is 8.66. The zero-order valence-corrected chi connectivity index (χ0v) is 20.7. The second kappa shape index (κ2) is 9.48. The molecule has 2 saturated heterocycles. The van der Waals surface area contributed by atoms with Crippen LogP contribution in [0.1, 0.15) is 65.9 Å². The molecule has 0 radical (unpaired) electrons. The maximum Gasteiger partial charge on any atom is 0.255 e. The molecule has 1 aromatic heterocycles. The van der Waals surface area contributed by atoms with E-state index < -0.39 is 11.9 Å². The third-order valence-corrected chi connectivity index (χ3v) is 8.39. The first kappa shape index (κ1) is 23.4. The fourth-order valence-electron chi connectivity index (χ4n) is 6.13. The van der Waals surface area contributed by atoms with Gasteiger partial charge in [0.05, 0.1) is 5.02 Å². The summed E-state index contributed by atoms with van der Waals surface area (Å²) < 4.78 is 6.53. The average Bonchev–Trinajstić information content (AvgIpc) is 3.16. The monoisotopic (exact) mass is 508 g/mol. The highest BCUT2D eigenvalue weighted by molar-refractivity contribution is 6.31. The summed E-state index contributed by atoms with van der Waals surface area (Å²) in [4.78, 5) is 45.0. The number of benzene rings is 1. The van der Waals surface area contributed by atoms with Crippen molar-refractivity contribution in [2.75, 3.05) is 13.1 Å². The molecule has 3 aliphatic heterocycles. The Morgan fingerprint density at radius 2 is 1.89 bits per heavy atom. The lowest BCUT2D eigenvalue weighted by atomic mass is 9.84. The fraction of sp³-hybridized carbons (Fsp3) is 0.481. The molecular weight excluding hydrogens is 480 g/mol. The molecule has 0 bridgehead atoms. The number of piperidine rings is 1. The normalized spacial score (nSPS) is 27.0. The van der Waals surface area contributed by atoms with E-state index in [0.717, 1.165) is 48.7 Å². The summed E-state index contributed by atoms with van der Waals surface area (Å²) in [5.41, 5.74) is 2.64. The summed E-state index contributed by atoms with van der Waals surface area (Å²) in [5.74, 6) is 0.346. The molecule has 1 saturated carbocycles. The Hall–Kier alpha value is -2.97. The third kappa shape index (κ3) is 4.26. The van der Waals surface area contributed by atoms with Gasteiger partial charge in [-0.05, 0) is 61.1 Å². The van der Waals surface area contributed by atoms with Crippen molar-refractivity contribution in [3.8, 4) is 5.75 Å². The van der Waals surface area contributed by atoms with E-state index in [1.165, 1.54) is 12.0 Å². The van der Waals surface area contributed by atoms with Crippen LogP contribution >= 0.6 is 11.6 Å². The number of halogens is 1. The standard InChI is InChI=1S/C27H29ClN4O4/c28-21-12-29-10-9-19(21)17-13-31(14-17)22-3-1-2-4-24(22)36-18-5-6-20-16(11-18)15-32(27(20)35)23-7-8-25(33)30-26(23)34/h5-6,9-12,17,22-24H,1-4,7-8,13-15H2,(H,30,33,34)/t22-,23?,24+/m0/s1. The van der Waals surface area contributed by atoms with Gasteiger partial charge in [0.2, 0.25) is 11.8 Å². The summed E-state index contributed by atoms with van der Waals surface area (Å²) >= 11 is 6.36. The van der Waals surface area contributed by atoms with Crippen LogP contribution in [0.3, 0.4) is 0 Å². The number of pyridine rings is 1. The number of imide groups is 1. The van der Waals surface area contributed by atoms with Gasteiger partial charge in [0.15, 0.2) is 0 Å². The smallest absolute Gasteiger partial charge is 0.255 e. The molecule has 3 fully saturated rings. The molecule has 3 amide bonds. The predicted octanol–water partition coefficient (Wildman–Crippen LogP) is 3.29. The summed E-state index contributed by atoms with van der Waals surface area (Å²) in [5, 5.41) is 3.08. The lowest BCUT2D eigenvalue weighted by Crippen LogP contribution is -2.57. The van der Waals surface area contributed by atoms with E-state index in [4.69, 9.17) is 16.3 Å². The number of likely N-dealkylation sites (tertiary alicyclic amines) is 1. The second-order valence-corrected chi connectivity index (χ2v) is 10.7. The van der Waals surface area contributed by atoms with E-state index in [9.17, 15) is 14.4 Å². The first-order valence-corrected chi connectivity index (χ1v) is 13.1. The summed E-state index contributed by atoms with van der Waals surface area (Å²) in [7, 11) is 0. The molecule has 4 heterocycles. The van der Waals surface area contributed by atoms with Gasteiger partial charge in [0.25, 0.3) is 5.91 Å². The molecule has 8 nitrogen and oxygen atoms in total. The first-order chi connectivity index (χ1) is 17.5. The van der Waals surface area contributed by atoms with Crippen molar-refractivity contribution < 1.29 is 19.1 Å². The summed E-state index contributed by atoms with van der Waals surface area (Å²) in [6.45, 7) is 2.29. The molecule has 6 rings (SSSR count). The van der Waals surface area contributed by atoms with Gasteiger partial charge >= 0.3 is 0 Å². The molecule has 36 heavy (non-hydrogen) atoms. The van der Waals surface area contributed by atoms with Crippen molar-refractivity contribution in [3.05, 3.63) is 58.4 Å². The van der Waals surface area contributed by atoms with Crippen molar-refractivity contribution in [1.29, 1.82) is 0 Å². The number of ether oxygens (including phenoxy) is 1. The zero-order chi connectivity index (χ0) is 24.8. The number of rotatable bonds is 5. The molecule has 188 valence electrons. The van der Waals surface area contributed by atoms with Crippen molar-refractivity contribution in [2.45, 2.75) is 69.2 Å². The lowest BCUT2D eigenvalue weighted by molar-refractivity contribution is -0.136. The number of aromatic nitrogens is 1. The van der Waals surface area contributed by atoms with Crippen LogP contribution in [-0.4, -0.2) is 63.8 Å². The van der Waals surface area contributed by atoms with Crippen LogP contribution in [0.5, 0.6) is 5.75 Å². The number of fused-ring (bicyclic) bond motifs is 1. The minimum Gasteiger partial charge on any atom is -0.489 e. The number of amides is 3. The van der Waals surface area contributed by atoms with Crippen LogP contribution in [-0.2, 0) is 16.1 Å². The van der Waals surface area contributed by atoms with E-state index in [1.807, 2.05) is 24.3 Å². The lowest BCUT2D eigenvalue weighted by Gasteiger charge is -2.48. The molecule has 2 aromatic rings. The minimum atomic E-state index is -0.608. The Bertz CT molecular complexity index is 1210. The van der Waals surface area contributed by atoms with E-state index in [0.29, 0.717) is 30.5 Å². The Morgan fingerprint density at radius 3 is 2.69 bits per heavy atom. The van der Waals surface area contributed by atoms with Crippen molar-refractivity contribution >= 4 is 29.3 Å². The Morgan fingerprint density at radius 1 is 1.06 bits per heavy atom. The molecule has 3 atom stereocenters. The molecule has 1 aliphatic carbocycles. The first-order valence-electron chi connectivity index (χ1n) is 12.8. The second-order valence-electron chi connectivity index (χ2n) is 10.3. The Kier molecular flexibility index (Phi) is 6.17. The van der Waals surface area contributed by atoms with Crippen LogP contribution in [0, 0.1) is 0 Å². The van der Waals surface area contributed by atoms with Gasteiger partial charge < -0.3 is 9.64 Å². The molecule has 1 unspecified atom stereocenters. The number of carbonyl (C=O) groups is 3. The van der Waals surface area contributed by atoms with Gasteiger partial charge in [-0.2, -0.15) is 0 Å². The highest BCUT2D eigenvalue weighted by atomic mass is 35.5. The van der Waals surface area contributed by atoms with Crippen LogP contribution in [0.2, 0.25) is 5.02 Å². The van der Waals surface area contributed by atoms with Crippen LogP contribution in [0.15, 0.2) is 36.7 Å². The Labute approximate surface area is 214 Å². The van der Waals surface area contributed by atoms with E-state index in [-0.39, 0.29) is 24.3 Å². The highest BCUT2D eigenvalue weighted by Gasteiger charge is 2.41. The molecule has 9 heteroatoms. The number of hydrogen-bond acceptors (Lipinski definition) is 6. The minimum absolute atomic E-state index is 0.0917. The third-order valence-electron chi connectivity index (χ3n) is 8.07.